The molecule has 1 unspecified atom stereocenters. The lowest BCUT2D eigenvalue weighted by Crippen LogP contribution is -2.26. The van der Waals surface area contributed by atoms with Crippen LogP contribution in [-0.4, -0.2) is 46.0 Å². The highest BCUT2D eigenvalue weighted by atomic mass is 35.5. The molecule has 1 N–H and O–H groups in total. The molecule has 0 radical (unpaired) electrons. The maximum Gasteiger partial charge on any atom is 0.251 e. The third-order valence-corrected chi connectivity index (χ3v) is 6.63. The van der Waals surface area contributed by atoms with Gasteiger partial charge in [0.1, 0.15) is 5.75 Å². The summed E-state index contributed by atoms with van der Waals surface area (Å²) in [6.45, 7) is 10.3. The van der Waals surface area contributed by atoms with Gasteiger partial charge < -0.3 is 19.4 Å². The number of methoxy groups -OCH3 is 1. The van der Waals surface area contributed by atoms with Crippen molar-refractivity contribution in [2.75, 3.05) is 19.0 Å². The van der Waals surface area contributed by atoms with E-state index < -0.39 is 0 Å². The third-order valence-electron chi connectivity index (χ3n) is 6.40. The number of fused-ring (bicyclic) bond motifs is 1. The van der Waals surface area contributed by atoms with Gasteiger partial charge in [-0.05, 0) is 76.1 Å². The van der Waals surface area contributed by atoms with Gasteiger partial charge in [0.2, 0.25) is 6.41 Å². The molecule has 9 nitrogen and oxygen atoms in total. The van der Waals surface area contributed by atoms with Gasteiger partial charge in [0.25, 0.3) is 5.56 Å². The fourth-order valence-corrected chi connectivity index (χ4v) is 4.39. The van der Waals surface area contributed by atoms with Crippen molar-refractivity contribution in [3.63, 3.8) is 0 Å². The molecule has 0 aliphatic heterocycles. The third kappa shape index (κ3) is 8.71. The van der Waals surface area contributed by atoms with Crippen molar-refractivity contribution >= 4 is 40.5 Å². The molecule has 0 aliphatic rings. The Labute approximate surface area is 250 Å². The molecule has 42 heavy (non-hydrogen) atoms. The fraction of sp³-hybridized carbons (Fsp3) is 0.344. The Bertz CT molecular complexity index is 1600. The van der Waals surface area contributed by atoms with Crippen molar-refractivity contribution in [3.8, 4) is 16.9 Å². The SMILES string of the molecule is CCC(=O)c1ccc(Cl)cc1-c1cc(=O)n(C(C)CCOC(C)(C)C)cc1OC.O=CNc1ccc2nccnc2c1. The molecule has 4 aromatic rings. The van der Waals surface area contributed by atoms with Crippen molar-refractivity contribution < 1.29 is 19.1 Å². The second kappa shape index (κ2) is 14.7. The molecular weight excluding hydrogens is 556 g/mol. The molecular formula is C32H37ClN4O5. The summed E-state index contributed by atoms with van der Waals surface area (Å²) in [6.07, 6.45) is 6.63. The van der Waals surface area contributed by atoms with E-state index in [1.807, 2.05) is 33.8 Å². The van der Waals surface area contributed by atoms with Gasteiger partial charge in [-0.1, -0.05) is 18.5 Å². The predicted octanol–water partition coefficient (Wildman–Crippen LogP) is 6.73. The quantitative estimate of drug-likeness (QED) is 0.160. The van der Waals surface area contributed by atoms with Crippen LogP contribution in [0.25, 0.3) is 22.2 Å². The topological polar surface area (TPSA) is 112 Å². The Morgan fingerprint density at radius 1 is 1.07 bits per heavy atom. The molecule has 0 fully saturated rings. The first-order valence-electron chi connectivity index (χ1n) is 13.7. The first-order chi connectivity index (χ1) is 20.0. The number of nitrogens with zero attached hydrogens (tertiary/aromatic N) is 3. The van der Waals surface area contributed by atoms with Gasteiger partial charge in [0.05, 0.1) is 29.9 Å². The number of Topliss-reactive ketones (excluding diaryl/α,β-unsaturated/α-hetero) is 1. The average Bonchev–Trinajstić information content (AvgIpc) is 2.96. The molecule has 0 spiro atoms. The first kappa shape index (κ1) is 32.4. The van der Waals surface area contributed by atoms with Crippen molar-refractivity contribution in [2.45, 2.75) is 59.1 Å². The Morgan fingerprint density at radius 3 is 2.43 bits per heavy atom. The minimum absolute atomic E-state index is 0.0180. The number of pyridine rings is 1. The molecule has 10 heteroatoms. The van der Waals surface area contributed by atoms with Crippen LogP contribution in [0.1, 0.15) is 63.9 Å². The number of rotatable bonds is 10. The average molecular weight is 593 g/mol. The van der Waals surface area contributed by atoms with Crippen LogP contribution < -0.4 is 15.6 Å². The molecule has 0 bridgehead atoms. The molecule has 2 heterocycles. The van der Waals surface area contributed by atoms with Crippen LogP contribution in [0.4, 0.5) is 5.69 Å². The van der Waals surface area contributed by atoms with E-state index in [0.29, 0.717) is 53.3 Å². The van der Waals surface area contributed by atoms with Gasteiger partial charge in [-0.15, -0.1) is 0 Å². The predicted molar refractivity (Wildman–Crippen MR) is 167 cm³/mol. The monoisotopic (exact) mass is 592 g/mol. The Morgan fingerprint density at radius 2 is 1.79 bits per heavy atom. The standard InChI is InChI=1S/C23H30ClNO4.C9H7N3O/c1-7-20(26)17-9-8-16(24)12-18(17)19-13-22(27)25(14-21(19)28-6)15(2)10-11-29-23(3,4)5;13-6-12-7-1-2-8-9(5-7)11-4-3-10-8/h8-9,12-15H,7,10-11H2,1-6H3;1-6H,(H,12,13). The van der Waals surface area contributed by atoms with E-state index in [1.54, 1.807) is 67.5 Å². The summed E-state index contributed by atoms with van der Waals surface area (Å²) >= 11 is 6.18. The molecule has 2 aromatic heterocycles. The maximum atomic E-state index is 12.9. The maximum absolute atomic E-state index is 12.9. The zero-order chi connectivity index (χ0) is 30.9. The summed E-state index contributed by atoms with van der Waals surface area (Å²) in [7, 11) is 1.55. The summed E-state index contributed by atoms with van der Waals surface area (Å²) in [5.41, 5.74) is 3.62. The largest absolute Gasteiger partial charge is 0.495 e. The van der Waals surface area contributed by atoms with E-state index in [1.165, 1.54) is 6.07 Å². The van der Waals surface area contributed by atoms with Gasteiger partial charge in [0, 0.05) is 59.4 Å². The number of aromatic nitrogens is 3. The number of hydrogen-bond acceptors (Lipinski definition) is 7. The van der Waals surface area contributed by atoms with Gasteiger partial charge in [-0.25, -0.2) is 0 Å². The lowest BCUT2D eigenvalue weighted by atomic mass is 9.96. The van der Waals surface area contributed by atoms with E-state index in [0.717, 1.165) is 16.7 Å². The van der Waals surface area contributed by atoms with Crippen molar-refractivity contribution in [3.05, 3.63) is 82.0 Å². The van der Waals surface area contributed by atoms with Crippen LogP contribution >= 0.6 is 11.6 Å². The number of carbonyl (C=O) groups excluding carboxylic acids is 2. The minimum atomic E-state index is -0.221. The first-order valence-corrected chi connectivity index (χ1v) is 14.0. The molecule has 1 atom stereocenters. The smallest absolute Gasteiger partial charge is 0.251 e. The highest BCUT2D eigenvalue weighted by Crippen LogP contribution is 2.34. The summed E-state index contributed by atoms with van der Waals surface area (Å²) < 4.78 is 13.0. The van der Waals surface area contributed by atoms with Crippen LogP contribution in [-0.2, 0) is 9.53 Å². The Balaban J connectivity index is 0.000000307. The summed E-state index contributed by atoms with van der Waals surface area (Å²) in [5.74, 6) is 0.496. The number of amides is 1. The summed E-state index contributed by atoms with van der Waals surface area (Å²) in [4.78, 5) is 43.6. The number of ketones is 1. The lowest BCUT2D eigenvalue weighted by molar-refractivity contribution is -0.105. The number of benzene rings is 2. The molecule has 0 aliphatic carbocycles. The lowest BCUT2D eigenvalue weighted by Gasteiger charge is -2.22. The second-order valence-electron chi connectivity index (χ2n) is 10.6. The molecule has 1 amide bonds. The van der Waals surface area contributed by atoms with Crippen molar-refractivity contribution in [1.29, 1.82) is 0 Å². The molecule has 2 aromatic carbocycles. The van der Waals surface area contributed by atoms with Gasteiger partial charge >= 0.3 is 0 Å². The van der Waals surface area contributed by atoms with Crippen LogP contribution in [0.5, 0.6) is 5.75 Å². The van der Waals surface area contributed by atoms with Gasteiger partial charge in [0.15, 0.2) is 5.78 Å². The number of ether oxygens (including phenoxy) is 2. The van der Waals surface area contributed by atoms with E-state index in [-0.39, 0.29) is 23.0 Å². The minimum Gasteiger partial charge on any atom is -0.495 e. The number of halogens is 1. The van der Waals surface area contributed by atoms with E-state index in [4.69, 9.17) is 21.1 Å². The molecule has 4 rings (SSSR count). The highest BCUT2D eigenvalue weighted by molar-refractivity contribution is 6.31. The number of anilines is 1. The number of hydrogen-bond donors (Lipinski definition) is 1. The zero-order valence-corrected chi connectivity index (χ0v) is 25.6. The second-order valence-corrected chi connectivity index (χ2v) is 11.0. The summed E-state index contributed by atoms with van der Waals surface area (Å²) in [6, 6.07) is 11.9. The Kier molecular flexibility index (Phi) is 11.4. The van der Waals surface area contributed by atoms with Crippen LogP contribution in [0.15, 0.2) is 65.8 Å². The normalized spacial score (nSPS) is 11.8. The van der Waals surface area contributed by atoms with E-state index >= 15 is 0 Å². The van der Waals surface area contributed by atoms with E-state index in [2.05, 4.69) is 15.3 Å². The van der Waals surface area contributed by atoms with Crippen LogP contribution in [0.2, 0.25) is 5.02 Å². The molecule has 0 saturated heterocycles. The number of nitrogens with one attached hydrogen (secondary N) is 1. The molecule has 222 valence electrons. The van der Waals surface area contributed by atoms with Crippen LogP contribution in [0.3, 0.4) is 0 Å². The van der Waals surface area contributed by atoms with Gasteiger partial charge in [-0.2, -0.15) is 0 Å². The highest BCUT2D eigenvalue weighted by Gasteiger charge is 2.19. The molecule has 0 saturated carbocycles. The van der Waals surface area contributed by atoms with Gasteiger partial charge in [-0.3, -0.25) is 24.4 Å². The van der Waals surface area contributed by atoms with E-state index in [9.17, 15) is 14.4 Å². The van der Waals surface area contributed by atoms with Crippen molar-refractivity contribution in [1.82, 2.24) is 14.5 Å². The zero-order valence-electron chi connectivity index (χ0n) is 24.8. The summed E-state index contributed by atoms with van der Waals surface area (Å²) in [5, 5.41) is 3.04. The fourth-order valence-electron chi connectivity index (χ4n) is 4.21. The van der Waals surface area contributed by atoms with Crippen molar-refractivity contribution in [2.24, 2.45) is 0 Å². The number of carbonyl (C=O) groups is 2. The Hall–Kier alpha value is -4.08. The van der Waals surface area contributed by atoms with Crippen LogP contribution in [0, 0.1) is 0 Å².